The van der Waals surface area contributed by atoms with E-state index >= 15 is 0 Å². The zero-order chi connectivity index (χ0) is 13.3. The Balaban J connectivity index is 2.34. The minimum absolute atomic E-state index is 0.238. The van der Waals surface area contributed by atoms with Crippen molar-refractivity contribution in [3.63, 3.8) is 0 Å². The first-order valence-corrected chi connectivity index (χ1v) is 5.75. The first-order chi connectivity index (χ1) is 8.44. The molecule has 0 spiro atoms. The molecule has 0 aromatic heterocycles. The number of alkyl halides is 2. The minimum Gasteiger partial charge on any atom is -0.466 e. The number of allylic oxidation sites excluding steroid dienone is 1. The van der Waals surface area contributed by atoms with E-state index in [1.807, 2.05) is 0 Å². The van der Waals surface area contributed by atoms with Gasteiger partial charge in [0.25, 0.3) is 5.92 Å². The van der Waals surface area contributed by atoms with Crippen LogP contribution in [0.15, 0.2) is 30.3 Å². The molecule has 2 nitrogen and oxygen atoms in total. The maximum absolute atomic E-state index is 13.1. The fourth-order valence-corrected chi connectivity index (χ4v) is 1.89. The Hall–Kier alpha value is -1.42. The molecular formula is C13H11ClF2O2. The summed E-state index contributed by atoms with van der Waals surface area (Å²) in [4.78, 5) is 11.2. The van der Waals surface area contributed by atoms with E-state index in [4.69, 9.17) is 11.6 Å². The zero-order valence-corrected chi connectivity index (χ0v) is 10.4. The van der Waals surface area contributed by atoms with Crippen LogP contribution >= 0.6 is 11.6 Å². The van der Waals surface area contributed by atoms with Crippen molar-refractivity contribution >= 4 is 23.1 Å². The monoisotopic (exact) mass is 272 g/mol. The van der Waals surface area contributed by atoms with Crippen LogP contribution in [-0.4, -0.2) is 19.0 Å². The molecule has 5 heteroatoms. The Morgan fingerprint density at radius 3 is 2.44 bits per heavy atom. The highest BCUT2D eigenvalue weighted by Crippen LogP contribution is 2.55. The van der Waals surface area contributed by atoms with Crippen molar-refractivity contribution in [3.8, 4) is 0 Å². The van der Waals surface area contributed by atoms with Gasteiger partial charge in [0.05, 0.1) is 13.0 Å². The summed E-state index contributed by atoms with van der Waals surface area (Å²) < 4.78 is 30.8. The number of halogens is 3. The highest BCUT2D eigenvalue weighted by molar-refractivity contribution is 6.30. The van der Waals surface area contributed by atoms with Crippen molar-refractivity contribution in [1.29, 1.82) is 0 Å². The summed E-state index contributed by atoms with van der Waals surface area (Å²) in [7, 11) is 1.21. The molecule has 1 fully saturated rings. The van der Waals surface area contributed by atoms with Crippen molar-refractivity contribution in [3.05, 3.63) is 40.9 Å². The quantitative estimate of drug-likeness (QED) is 0.621. The molecule has 1 aromatic carbocycles. The summed E-state index contributed by atoms with van der Waals surface area (Å²) >= 11 is 5.74. The van der Waals surface area contributed by atoms with E-state index < -0.39 is 17.8 Å². The Kier molecular flexibility index (Phi) is 3.39. The molecule has 1 saturated carbocycles. The van der Waals surface area contributed by atoms with E-state index in [9.17, 15) is 13.6 Å². The summed E-state index contributed by atoms with van der Waals surface area (Å²) in [5, 5.41) is 0.513. The van der Waals surface area contributed by atoms with Gasteiger partial charge in [-0.3, -0.25) is 0 Å². The number of carbonyl (C=O) groups is 1. The van der Waals surface area contributed by atoms with Gasteiger partial charge in [0.2, 0.25) is 0 Å². The second-order valence-electron chi connectivity index (χ2n) is 4.15. The molecule has 0 heterocycles. The summed E-state index contributed by atoms with van der Waals surface area (Å²) in [5.74, 6) is -4.29. The lowest BCUT2D eigenvalue weighted by molar-refractivity contribution is -0.134. The van der Waals surface area contributed by atoms with Crippen molar-refractivity contribution in [2.75, 3.05) is 7.11 Å². The van der Waals surface area contributed by atoms with Crippen molar-refractivity contribution in [1.82, 2.24) is 0 Å². The molecule has 2 rings (SSSR count). The second-order valence-corrected chi connectivity index (χ2v) is 4.58. The van der Waals surface area contributed by atoms with Gasteiger partial charge < -0.3 is 4.74 Å². The van der Waals surface area contributed by atoms with E-state index in [2.05, 4.69) is 4.74 Å². The molecule has 0 radical (unpaired) electrons. The maximum atomic E-state index is 13.1. The van der Waals surface area contributed by atoms with Gasteiger partial charge in [0, 0.05) is 17.5 Å². The summed E-state index contributed by atoms with van der Waals surface area (Å²) in [5.41, 5.74) is 0.857. The van der Waals surface area contributed by atoms with E-state index in [1.54, 1.807) is 24.3 Å². The number of hydrogen-bond donors (Lipinski definition) is 0. The molecular weight excluding hydrogens is 262 g/mol. The number of hydrogen-bond acceptors (Lipinski definition) is 2. The molecule has 0 N–H and O–H groups in total. The first kappa shape index (κ1) is 13.0. The van der Waals surface area contributed by atoms with Crippen LogP contribution in [0, 0.1) is 5.92 Å². The fraction of sp³-hybridized carbons (Fsp3) is 0.308. The molecule has 0 bridgehead atoms. The highest BCUT2D eigenvalue weighted by atomic mass is 35.5. The third-order valence-corrected chi connectivity index (χ3v) is 3.11. The van der Waals surface area contributed by atoms with Crippen molar-refractivity contribution in [2.24, 2.45) is 5.92 Å². The molecule has 0 amide bonds. The van der Waals surface area contributed by atoms with Crippen LogP contribution in [0.1, 0.15) is 12.0 Å². The lowest BCUT2D eigenvalue weighted by Gasteiger charge is -2.07. The summed E-state index contributed by atoms with van der Waals surface area (Å²) in [6.45, 7) is 0. The van der Waals surface area contributed by atoms with Gasteiger partial charge in [-0.25, -0.2) is 13.6 Å². The molecule has 0 saturated heterocycles. The van der Waals surface area contributed by atoms with E-state index in [0.29, 0.717) is 16.2 Å². The predicted molar refractivity (Wildman–Crippen MR) is 64.5 cm³/mol. The topological polar surface area (TPSA) is 26.3 Å². The Labute approximate surface area is 108 Å². The second kappa shape index (κ2) is 4.69. The van der Waals surface area contributed by atoms with Crippen LogP contribution in [0.5, 0.6) is 0 Å². The van der Waals surface area contributed by atoms with Crippen molar-refractivity contribution < 1.29 is 18.3 Å². The van der Waals surface area contributed by atoms with Crippen LogP contribution in [0.25, 0.3) is 5.57 Å². The summed E-state index contributed by atoms with van der Waals surface area (Å²) in [6, 6.07) is 6.43. The molecule has 1 aromatic rings. The molecule has 1 aliphatic carbocycles. The SMILES string of the molecule is COC(=O)/C=C(/c1ccc(Cl)cc1)C1CC1(F)F. The maximum Gasteiger partial charge on any atom is 0.330 e. The van der Waals surface area contributed by atoms with Crippen LogP contribution < -0.4 is 0 Å². The van der Waals surface area contributed by atoms with Gasteiger partial charge in [-0.1, -0.05) is 23.7 Å². The Morgan fingerprint density at radius 2 is 2.00 bits per heavy atom. The average molecular weight is 273 g/mol. The van der Waals surface area contributed by atoms with E-state index in [-0.39, 0.29) is 6.42 Å². The lowest BCUT2D eigenvalue weighted by atomic mass is 10.0. The standard InChI is InChI=1S/C13H11ClF2O2/c1-18-12(17)6-10(11-7-13(11,15)16)8-2-4-9(14)5-3-8/h2-6,11H,7H2,1H3/b10-6-. The zero-order valence-electron chi connectivity index (χ0n) is 9.62. The highest BCUT2D eigenvalue weighted by Gasteiger charge is 2.58. The molecule has 1 aliphatic rings. The predicted octanol–water partition coefficient (Wildman–Crippen LogP) is 3.55. The third-order valence-electron chi connectivity index (χ3n) is 2.85. The fourth-order valence-electron chi connectivity index (χ4n) is 1.76. The van der Waals surface area contributed by atoms with Crippen molar-refractivity contribution in [2.45, 2.75) is 12.3 Å². The van der Waals surface area contributed by atoms with Crippen LogP contribution in [0.3, 0.4) is 0 Å². The van der Waals surface area contributed by atoms with Crippen LogP contribution in [0.4, 0.5) is 8.78 Å². The molecule has 1 unspecified atom stereocenters. The lowest BCUT2D eigenvalue weighted by Crippen LogP contribution is -2.02. The number of benzene rings is 1. The molecule has 1 atom stereocenters. The van der Waals surface area contributed by atoms with E-state index in [1.165, 1.54) is 7.11 Å². The molecule has 18 heavy (non-hydrogen) atoms. The van der Waals surface area contributed by atoms with E-state index in [0.717, 1.165) is 6.08 Å². The van der Waals surface area contributed by atoms with Gasteiger partial charge >= 0.3 is 5.97 Å². The molecule has 0 aliphatic heterocycles. The van der Waals surface area contributed by atoms with Gasteiger partial charge in [-0.15, -0.1) is 0 Å². The Morgan fingerprint density at radius 1 is 1.44 bits per heavy atom. The third kappa shape index (κ3) is 2.70. The molecule has 96 valence electrons. The summed E-state index contributed by atoms with van der Waals surface area (Å²) in [6.07, 6.45) is 0.882. The number of esters is 1. The van der Waals surface area contributed by atoms with Gasteiger partial charge in [0.15, 0.2) is 0 Å². The minimum atomic E-state index is -2.74. The Bertz CT molecular complexity index is 494. The van der Waals surface area contributed by atoms with Gasteiger partial charge in [-0.2, -0.15) is 0 Å². The van der Waals surface area contributed by atoms with Gasteiger partial charge in [-0.05, 0) is 23.3 Å². The van der Waals surface area contributed by atoms with Crippen LogP contribution in [0.2, 0.25) is 5.02 Å². The largest absolute Gasteiger partial charge is 0.466 e. The number of ether oxygens (including phenoxy) is 1. The average Bonchev–Trinajstić information content (AvgIpc) is 2.96. The first-order valence-electron chi connectivity index (χ1n) is 5.37. The van der Waals surface area contributed by atoms with Gasteiger partial charge in [0.1, 0.15) is 0 Å². The van der Waals surface area contributed by atoms with Crippen LogP contribution in [-0.2, 0) is 9.53 Å². The normalized spacial score (nSPS) is 21.6. The number of methoxy groups -OCH3 is 1. The smallest absolute Gasteiger partial charge is 0.330 e. The number of rotatable bonds is 3. The number of carbonyl (C=O) groups excluding carboxylic acids is 1.